The molecule has 0 saturated carbocycles. The third kappa shape index (κ3) is 4.55. The molecule has 1 aromatic carbocycles. The number of rotatable bonds is 5. The van der Waals surface area contributed by atoms with Crippen LogP contribution in [0.4, 0.5) is 5.69 Å². The summed E-state index contributed by atoms with van der Waals surface area (Å²) >= 11 is 0. The number of hydrogen-bond acceptors (Lipinski definition) is 5. The molecule has 0 radical (unpaired) electrons. The molecule has 17 heavy (non-hydrogen) atoms. The second kappa shape index (κ2) is 6.52. The Bertz CT molecular complexity index is 403. The Morgan fingerprint density at radius 2 is 2.00 bits per heavy atom. The monoisotopic (exact) mass is 237 g/mol. The molecule has 0 bridgehead atoms. The second-order valence-electron chi connectivity index (χ2n) is 3.25. The van der Waals surface area contributed by atoms with E-state index < -0.39 is 5.97 Å². The number of para-hydroxylation sites is 2. The van der Waals surface area contributed by atoms with Crippen molar-refractivity contribution in [3.8, 4) is 5.75 Å². The molecule has 0 heterocycles. The summed E-state index contributed by atoms with van der Waals surface area (Å²) in [5.74, 6) is -0.371. The normalized spacial score (nSPS) is 9.53. The Hall–Kier alpha value is -2.04. The number of ether oxygens (including phenoxy) is 2. The van der Waals surface area contributed by atoms with Gasteiger partial charge in [0.1, 0.15) is 6.54 Å². The third-order valence-corrected chi connectivity index (χ3v) is 1.87. The molecule has 92 valence electrons. The Kier molecular flexibility index (Phi) is 5.00. The predicted molar refractivity (Wildman–Crippen MR) is 62.9 cm³/mol. The molecular formula is C12H15NO4. The van der Waals surface area contributed by atoms with Gasteiger partial charge in [0.05, 0.1) is 12.3 Å². The molecule has 1 rings (SSSR count). The van der Waals surface area contributed by atoms with Crippen LogP contribution in [0.5, 0.6) is 5.75 Å². The van der Waals surface area contributed by atoms with Gasteiger partial charge in [0.15, 0.2) is 5.75 Å². The van der Waals surface area contributed by atoms with E-state index in [0.29, 0.717) is 18.0 Å². The standard InChI is InChI=1S/C12H15NO4/c1-3-16-12(15)8-13-10-6-4-5-7-11(10)17-9(2)14/h4-7,13H,3,8H2,1-2H3. The van der Waals surface area contributed by atoms with Gasteiger partial charge < -0.3 is 14.8 Å². The van der Waals surface area contributed by atoms with Crippen LogP contribution in [0.25, 0.3) is 0 Å². The van der Waals surface area contributed by atoms with Crippen LogP contribution < -0.4 is 10.1 Å². The fraction of sp³-hybridized carbons (Fsp3) is 0.333. The van der Waals surface area contributed by atoms with E-state index in [4.69, 9.17) is 9.47 Å². The summed E-state index contributed by atoms with van der Waals surface area (Å²) in [6.07, 6.45) is 0. The van der Waals surface area contributed by atoms with Crippen LogP contribution in [-0.4, -0.2) is 25.1 Å². The molecule has 0 saturated heterocycles. The minimum atomic E-state index is -0.407. The van der Waals surface area contributed by atoms with Gasteiger partial charge in [-0.15, -0.1) is 0 Å². The molecule has 1 aromatic rings. The highest BCUT2D eigenvalue weighted by molar-refractivity contribution is 5.77. The van der Waals surface area contributed by atoms with Crippen LogP contribution >= 0.6 is 0 Å². The molecule has 0 aliphatic heterocycles. The molecular weight excluding hydrogens is 222 g/mol. The Morgan fingerprint density at radius 1 is 1.29 bits per heavy atom. The maximum absolute atomic E-state index is 11.2. The minimum Gasteiger partial charge on any atom is -0.465 e. The van der Waals surface area contributed by atoms with E-state index in [1.54, 1.807) is 31.2 Å². The second-order valence-corrected chi connectivity index (χ2v) is 3.25. The van der Waals surface area contributed by atoms with Crippen LogP contribution in [0.1, 0.15) is 13.8 Å². The van der Waals surface area contributed by atoms with Crippen LogP contribution in [0.2, 0.25) is 0 Å². The van der Waals surface area contributed by atoms with Gasteiger partial charge in [0.25, 0.3) is 0 Å². The van der Waals surface area contributed by atoms with Crippen molar-refractivity contribution in [2.45, 2.75) is 13.8 Å². The first-order valence-electron chi connectivity index (χ1n) is 5.30. The lowest BCUT2D eigenvalue weighted by Crippen LogP contribution is -2.17. The lowest BCUT2D eigenvalue weighted by Gasteiger charge is -2.10. The lowest BCUT2D eigenvalue weighted by molar-refractivity contribution is -0.140. The Labute approximate surface area is 99.7 Å². The van der Waals surface area contributed by atoms with Crippen LogP contribution in [-0.2, 0) is 14.3 Å². The zero-order chi connectivity index (χ0) is 12.7. The van der Waals surface area contributed by atoms with Crippen molar-refractivity contribution >= 4 is 17.6 Å². The summed E-state index contributed by atoms with van der Waals surface area (Å²) in [6, 6.07) is 6.89. The first-order chi connectivity index (χ1) is 8.13. The number of esters is 2. The minimum absolute atomic E-state index is 0.0338. The molecule has 0 aliphatic carbocycles. The number of nitrogens with one attached hydrogen (secondary N) is 1. The molecule has 1 N–H and O–H groups in total. The number of carbonyl (C=O) groups is 2. The van der Waals surface area contributed by atoms with E-state index in [2.05, 4.69) is 5.32 Å². The number of carbonyl (C=O) groups excluding carboxylic acids is 2. The topological polar surface area (TPSA) is 64.6 Å². The first kappa shape index (κ1) is 13.0. The van der Waals surface area contributed by atoms with Gasteiger partial charge in [0, 0.05) is 6.92 Å². The van der Waals surface area contributed by atoms with Crippen molar-refractivity contribution < 1.29 is 19.1 Å². The molecule has 0 amide bonds. The van der Waals surface area contributed by atoms with Crippen molar-refractivity contribution in [1.82, 2.24) is 0 Å². The maximum Gasteiger partial charge on any atom is 0.325 e. The van der Waals surface area contributed by atoms with Crippen molar-refractivity contribution in [2.75, 3.05) is 18.5 Å². The van der Waals surface area contributed by atoms with E-state index in [0.717, 1.165) is 0 Å². The fourth-order valence-electron chi connectivity index (χ4n) is 1.24. The molecule has 5 heteroatoms. The average molecular weight is 237 g/mol. The third-order valence-electron chi connectivity index (χ3n) is 1.87. The quantitative estimate of drug-likeness (QED) is 0.622. The van der Waals surface area contributed by atoms with Gasteiger partial charge in [0.2, 0.25) is 0 Å². The molecule has 0 unspecified atom stereocenters. The van der Waals surface area contributed by atoms with E-state index in [-0.39, 0.29) is 12.5 Å². The predicted octanol–water partition coefficient (Wildman–Crippen LogP) is 1.59. The fourth-order valence-corrected chi connectivity index (χ4v) is 1.24. The van der Waals surface area contributed by atoms with Crippen LogP contribution in [0, 0.1) is 0 Å². The van der Waals surface area contributed by atoms with Gasteiger partial charge in [-0.05, 0) is 19.1 Å². The summed E-state index contributed by atoms with van der Waals surface area (Å²) < 4.78 is 9.76. The SMILES string of the molecule is CCOC(=O)CNc1ccccc1OC(C)=O. The van der Waals surface area contributed by atoms with Gasteiger partial charge in [-0.3, -0.25) is 9.59 Å². The zero-order valence-corrected chi connectivity index (χ0v) is 9.86. The summed E-state index contributed by atoms with van der Waals surface area (Å²) in [5.41, 5.74) is 0.579. The summed E-state index contributed by atoms with van der Waals surface area (Å²) in [6.45, 7) is 3.44. The molecule has 0 spiro atoms. The van der Waals surface area contributed by atoms with Gasteiger partial charge in [-0.1, -0.05) is 12.1 Å². The Balaban J connectivity index is 2.63. The highest BCUT2D eigenvalue weighted by atomic mass is 16.5. The van der Waals surface area contributed by atoms with Crippen LogP contribution in [0.15, 0.2) is 24.3 Å². The van der Waals surface area contributed by atoms with Gasteiger partial charge in [-0.2, -0.15) is 0 Å². The van der Waals surface area contributed by atoms with Gasteiger partial charge in [-0.25, -0.2) is 0 Å². The van der Waals surface area contributed by atoms with E-state index in [1.807, 2.05) is 0 Å². The van der Waals surface area contributed by atoms with E-state index in [1.165, 1.54) is 6.92 Å². The molecule has 0 aromatic heterocycles. The molecule has 0 atom stereocenters. The van der Waals surface area contributed by atoms with Gasteiger partial charge >= 0.3 is 11.9 Å². The molecule has 0 aliphatic rings. The maximum atomic E-state index is 11.2. The van der Waals surface area contributed by atoms with Crippen molar-refractivity contribution in [1.29, 1.82) is 0 Å². The van der Waals surface area contributed by atoms with Crippen molar-refractivity contribution in [3.05, 3.63) is 24.3 Å². The Morgan fingerprint density at radius 3 is 2.65 bits per heavy atom. The first-order valence-corrected chi connectivity index (χ1v) is 5.30. The zero-order valence-electron chi connectivity index (χ0n) is 9.86. The number of benzene rings is 1. The number of anilines is 1. The van der Waals surface area contributed by atoms with Crippen molar-refractivity contribution in [3.63, 3.8) is 0 Å². The van der Waals surface area contributed by atoms with E-state index >= 15 is 0 Å². The van der Waals surface area contributed by atoms with E-state index in [9.17, 15) is 9.59 Å². The average Bonchev–Trinajstić information content (AvgIpc) is 2.27. The summed E-state index contributed by atoms with van der Waals surface area (Å²) in [7, 11) is 0. The molecule has 0 fully saturated rings. The lowest BCUT2D eigenvalue weighted by atomic mass is 10.3. The largest absolute Gasteiger partial charge is 0.465 e. The van der Waals surface area contributed by atoms with Crippen molar-refractivity contribution in [2.24, 2.45) is 0 Å². The highest BCUT2D eigenvalue weighted by Gasteiger charge is 2.07. The summed E-state index contributed by atoms with van der Waals surface area (Å²) in [5, 5.41) is 2.85. The smallest absolute Gasteiger partial charge is 0.325 e. The molecule has 5 nitrogen and oxygen atoms in total. The van der Waals surface area contributed by atoms with Crippen LogP contribution in [0.3, 0.4) is 0 Å². The highest BCUT2D eigenvalue weighted by Crippen LogP contribution is 2.23. The number of hydrogen-bond donors (Lipinski definition) is 1. The summed E-state index contributed by atoms with van der Waals surface area (Å²) in [4.78, 5) is 22.0.